The molecule has 2 amide bonds. The number of aromatic nitrogens is 1. The largest absolute Gasteiger partial charge is 0.343 e. The molecule has 0 atom stereocenters. The number of fused-ring (bicyclic) bond motifs is 1. The van der Waals surface area contributed by atoms with Crippen molar-refractivity contribution in [3.05, 3.63) is 71.2 Å². The van der Waals surface area contributed by atoms with E-state index in [1.807, 2.05) is 53.4 Å². The van der Waals surface area contributed by atoms with E-state index in [0.717, 1.165) is 35.7 Å². The summed E-state index contributed by atoms with van der Waals surface area (Å²) in [6.45, 7) is 3.78. The van der Waals surface area contributed by atoms with Gasteiger partial charge in [0.25, 0.3) is 0 Å². The second kappa shape index (κ2) is 9.65. The number of hydrogen-bond acceptors (Lipinski definition) is 5. The first kappa shape index (κ1) is 20.3. The molecule has 1 aliphatic rings. The van der Waals surface area contributed by atoms with Gasteiger partial charge in [-0.2, -0.15) is 0 Å². The summed E-state index contributed by atoms with van der Waals surface area (Å²) >= 11 is 1.73. The second-order valence-electron chi connectivity index (χ2n) is 7.19. The summed E-state index contributed by atoms with van der Waals surface area (Å²) in [5, 5.41) is 3.78. The molecule has 0 bridgehead atoms. The summed E-state index contributed by atoms with van der Waals surface area (Å²) in [6.07, 6.45) is 3.19. The molecule has 1 N–H and O–H groups in total. The minimum Gasteiger partial charge on any atom is -0.343 e. The summed E-state index contributed by atoms with van der Waals surface area (Å²) in [5.74, 6) is -0.308. The molecule has 0 saturated carbocycles. The average Bonchev–Trinajstić information content (AvgIpc) is 3.19. The van der Waals surface area contributed by atoms with Gasteiger partial charge in [0.15, 0.2) is 0 Å². The van der Waals surface area contributed by atoms with Gasteiger partial charge in [-0.05, 0) is 23.8 Å². The highest BCUT2D eigenvalue weighted by atomic mass is 32.1. The monoisotopic (exact) mass is 420 g/mol. The van der Waals surface area contributed by atoms with Crippen molar-refractivity contribution >= 4 is 39.4 Å². The molecule has 0 aliphatic carbocycles. The van der Waals surface area contributed by atoms with E-state index in [1.54, 1.807) is 17.4 Å². The van der Waals surface area contributed by atoms with Crippen molar-refractivity contribution in [1.82, 2.24) is 20.1 Å². The van der Waals surface area contributed by atoms with Gasteiger partial charge in [-0.3, -0.25) is 14.5 Å². The zero-order valence-corrected chi connectivity index (χ0v) is 17.5. The van der Waals surface area contributed by atoms with Crippen LogP contribution >= 0.6 is 11.3 Å². The molecule has 0 unspecified atom stereocenters. The first-order valence-electron chi connectivity index (χ1n) is 10.0. The van der Waals surface area contributed by atoms with Crippen molar-refractivity contribution in [2.75, 3.05) is 32.7 Å². The molecule has 6 nitrogen and oxygen atoms in total. The summed E-state index contributed by atoms with van der Waals surface area (Å²) < 4.78 is 1.21. The topological polar surface area (TPSA) is 65.5 Å². The number of nitrogens with zero attached hydrogens (tertiary/aromatic N) is 3. The average molecular weight is 421 g/mol. The van der Waals surface area contributed by atoms with Crippen LogP contribution in [0.2, 0.25) is 0 Å². The molecule has 7 heteroatoms. The third kappa shape index (κ3) is 5.31. The maximum Gasteiger partial charge on any atom is 0.244 e. The van der Waals surface area contributed by atoms with Crippen LogP contribution < -0.4 is 5.32 Å². The number of carbonyl (C=O) groups is 2. The molecule has 0 radical (unpaired) electrons. The Morgan fingerprint density at radius 3 is 2.50 bits per heavy atom. The molecule has 0 spiro atoms. The lowest BCUT2D eigenvalue weighted by Crippen LogP contribution is -2.50. The normalized spacial score (nSPS) is 15.0. The Labute approximate surface area is 179 Å². The molecule has 1 aliphatic heterocycles. The Morgan fingerprint density at radius 2 is 1.73 bits per heavy atom. The van der Waals surface area contributed by atoms with Crippen molar-refractivity contribution in [3.8, 4) is 0 Å². The maximum absolute atomic E-state index is 12.4. The number of benzene rings is 2. The summed E-state index contributed by atoms with van der Waals surface area (Å²) in [4.78, 5) is 33.2. The van der Waals surface area contributed by atoms with E-state index in [2.05, 4.69) is 16.3 Å². The van der Waals surface area contributed by atoms with Crippen molar-refractivity contribution in [2.24, 2.45) is 0 Å². The van der Waals surface area contributed by atoms with Gasteiger partial charge in [0.05, 0.1) is 23.3 Å². The van der Waals surface area contributed by atoms with E-state index in [1.165, 1.54) is 10.8 Å². The number of piperazine rings is 1. The van der Waals surface area contributed by atoms with E-state index >= 15 is 0 Å². The van der Waals surface area contributed by atoms with Crippen molar-refractivity contribution in [2.45, 2.75) is 6.54 Å². The summed E-state index contributed by atoms with van der Waals surface area (Å²) in [6, 6.07) is 17.8. The van der Waals surface area contributed by atoms with E-state index in [9.17, 15) is 9.59 Å². The third-order valence-corrected chi connectivity index (χ3v) is 6.08. The standard InChI is InChI=1S/C23H24N4O2S/c28-21(11-10-18-6-2-1-3-7-18)24-16-23(29)27-14-12-26(13-15-27)17-22-25-19-8-4-5-9-20(19)30-22/h1-11H,12-17H2,(H,24,28)/b11-10+. The number of para-hydroxylation sites is 1. The lowest BCUT2D eigenvalue weighted by Gasteiger charge is -2.34. The van der Waals surface area contributed by atoms with Gasteiger partial charge in [-0.15, -0.1) is 11.3 Å². The number of amides is 2. The highest BCUT2D eigenvalue weighted by molar-refractivity contribution is 7.18. The van der Waals surface area contributed by atoms with E-state index in [-0.39, 0.29) is 18.4 Å². The Hall–Kier alpha value is -3.03. The van der Waals surface area contributed by atoms with Crippen LogP contribution in [0.15, 0.2) is 60.7 Å². The molecular weight excluding hydrogens is 396 g/mol. The lowest BCUT2D eigenvalue weighted by molar-refractivity contribution is -0.133. The zero-order chi connectivity index (χ0) is 20.8. The number of hydrogen-bond donors (Lipinski definition) is 1. The van der Waals surface area contributed by atoms with Crippen LogP contribution in [-0.2, 0) is 16.1 Å². The molecule has 3 aromatic rings. The predicted octanol–water partition coefficient (Wildman–Crippen LogP) is 2.77. The van der Waals surface area contributed by atoms with Crippen LogP contribution in [0.4, 0.5) is 0 Å². The first-order valence-corrected chi connectivity index (χ1v) is 10.8. The fraction of sp³-hybridized carbons (Fsp3) is 0.261. The van der Waals surface area contributed by atoms with Crippen molar-refractivity contribution < 1.29 is 9.59 Å². The Morgan fingerprint density at radius 1 is 1.00 bits per heavy atom. The molecule has 4 rings (SSSR count). The molecule has 2 heterocycles. The zero-order valence-electron chi connectivity index (χ0n) is 16.7. The highest BCUT2D eigenvalue weighted by Gasteiger charge is 2.22. The van der Waals surface area contributed by atoms with Crippen LogP contribution in [0.5, 0.6) is 0 Å². The molecule has 1 fully saturated rings. The highest BCUT2D eigenvalue weighted by Crippen LogP contribution is 2.23. The van der Waals surface area contributed by atoms with Gasteiger partial charge in [0.2, 0.25) is 11.8 Å². The molecule has 154 valence electrons. The van der Waals surface area contributed by atoms with E-state index in [4.69, 9.17) is 4.98 Å². The van der Waals surface area contributed by atoms with Crippen LogP contribution in [-0.4, -0.2) is 59.3 Å². The fourth-order valence-electron chi connectivity index (χ4n) is 3.40. The molecular formula is C23H24N4O2S. The second-order valence-corrected chi connectivity index (χ2v) is 8.31. The van der Waals surface area contributed by atoms with Crippen LogP contribution in [0, 0.1) is 0 Å². The van der Waals surface area contributed by atoms with Gasteiger partial charge in [-0.25, -0.2) is 4.98 Å². The smallest absolute Gasteiger partial charge is 0.244 e. The van der Waals surface area contributed by atoms with E-state index < -0.39 is 0 Å². The van der Waals surface area contributed by atoms with Gasteiger partial charge < -0.3 is 10.2 Å². The number of nitrogens with one attached hydrogen (secondary N) is 1. The van der Waals surface area contributed by atoms with Crippen LogP contribution in [0.25, 0.3) is 16.3 Å². The van der Waals surface area contributed by atoms with E-state index in [0.29, 0.717) is 13.1 Å². The first-order chi connectivity index (χ1) is 14.7. The Bertz CT molecular complexity index is 1010. The van der Waals surface area contributed by atoms with Gasteiger partial charge in [0.1, 0.15) is 5.01 Å². The summed E-state index contributed by atoms with van der Waals surface area (Å²) in [5.41, 5.74) is 1.99. The molecule has 1 aromatic heterocycles. The Balaban J connectivity index is 1.20. The summed E-state index contributed by atoms with van der Waals surface area (Å²) in [7, 11) is 0. The van der Waals surface area contributed by atoms with Crippen molar-refractivity contribution in [1.29, 1.82) is 0 Å². The quantitative estimate of drug-likeness (QED) is 0.623. The number of thiazole rings is 1. The predicted molar refractivity (Wildman–Crippen MR) is 120 cm³/mol. The SMILES string of the molecule is O=C(/C=C/c1ccccc1)NCC(=O)N1CCN(Cc2nc3ccccc3s2)CC1. The Kier molecular flexibility index (Phi) is 6.51. The maximum atomic E-state index is 12.4. The fourth-order valence-corrected chi connectivity index (χ4v) is 4.41. The number of rotatable bonds is 6. The van der Waals surface area contributed by atoms with Crippen molar-refractivity contribution in [3.63, 3.8) is 0 Å². The minimum absolute atomic E-state index is 0.0236. The minimum atomic E-state index is -0.262. The van der Waals surface area contributed by atoms with Gasteiger partial charge in [0, 0.05) is 32.3 Å². The lowest BCUT2D eigenvalue weighted by atomic mass is 10.2. The van der Waals surface area contributed by atoms with Crippen LogP contribution in [0.3, 0.4) is 0 Å². The van der Waals surface area contributed by atoms with Gasteiger partial charge >= 0.3 is 0 Å². The van der Waals surface area contributed by atoms with Crippen LogP contribution in [0.1, 0.15) is 10.6 Å². The third-order valence-electron chi connectivity index (χ3n) is 5.06. The van der Waals surface area contributed by atoms with Gasteiger partial charge in [-0.1, -0.05) is 42.5 Å². The molecule has 2 aromatic carbocycles. The molecule has 1 saturated heterocycles. The molecule has 30 heavy (non-hydrogen) atoms. The number of carbonyl (C=O) groups excluding carboxylic acids is 2.